The molecular weight excluding hydrogens is 333 g/mol. The number of carboxylic acid groups (broad SMARTS) is 2. The molecule has 0 atom stereocenters. The summed E-state index contributed by atoms with van der Waals surface area (Å²) in [5.41, 5.74) is -0.155. The van der Waals surface area contributed by atoms with E-state index in [-0.39, 0.29) is 58.0 Å². The number of hydrogen-bond acceptors (Lipinski definition) is 2. The molecule has 19 heavy (non-hydrogen) atoms. The van der Waals surface area contributed by atoms with Gasteiger partial charge in [0.05, 0.1) is 12.8 Å². The van der Waals surface area contributed by atoms with Crippen LogP contribution in [-0.4, -0.2) is 22.2 Å². The van der Waals surface area contributed by atoms with E-state index in [2.05, 4.69) is 0 Å². The van der Waals surface area contributed by atoms with Gasteiger partial charge in [-0.3, -0.25) is 9.59 Å². The van der Waals surface area contributed by atoms with E-state index in [1.807, 2.05) is 41.5 Å². The van der Waals surface area contributed by atoms with Gasteiger partial charge in [0.15, 0.2) is 0 Å². The van der Waals surface area contributed by atoms with Gasteiger partial charge in [-0.15, -0.1) is 0 Å². The minimum Gasteiger partial charge on any atom is -0.481 e. The SMILES string of the molecule is CC(C)(C)CC(=O)O.CC(C)(C)CC(=O)O.[CH3-].[CH3-].[Ru+2]. The summed E-state index contributed by atoms with van der Waals surface area (Å²) in [6.45, 7) is 11.4. The first-order valence-corrected chi connectivity index (χ1v) is 5.27. The Morgan fingerprint density at radius 1 is 0.737 bits per heavy atom. The van der Waals surface area contributed by atoms with Crippen molar-refractivity contribution in [1.29, 1.82) is 0 Å². The van der Waals surface area contributed by atoms with Crippen molar-refractivity contribution in [1.82, 2.24) is 0 Å². The Kier molecular flexibility index (Phi) is 20.6. The van der Waals surface area contributed by atoms with Crippen molar-refractivity contribution in [2.75, 3.05) is 0 Å². The van der Waals surface area contributed by atoms with Gasteiger partial charge in [-0.05, 0) is 10.8 Å². The predicted molar refractivity (Wildman–Crippen MR) is 76.2 cm³/mol. The second-order valence-electron chi connectivity index (χ2n) is 6.26. The van der Waals surface area contributed by atoms with Gasteiger partial charge in [0.1, 0.15) is 0 Å². The minimum absolute atomic E-state index is 0. The number of carboxylic acids is 2. The van der Waals surface area contributed by atoms with E-state index in [0.29, 0.717) is 0 Å². The monoisotopic (exact) mass is 364 g/mol. The quantitative estimate of drug-likeness (QED) is 0.576. The molecule has 0 aliphatic heterocycles. The molecule has 118 valence electrons. The van der Waals surface area contributed by atoms with E-state index in [0.717, 1.165) is 0 Å². The van der Waals surface area contributed by atoms with E-state index in [1.165, 1.54) is 0 Å². The number of carbonyl (C=O) groups is 2. The average molecular weight is 363 g/mol. The van der Waals surface area contributed by atoms with Crippen LogP contribution in [0, 0.1) is 25.7 Å². The van der Waals surface area contributed by atoms with E-state index in [9.17, 15) is 9.59 Å². The maximum Gasteiger partial charge on any atom is 2.00 e. The van der Waals surface area contributed by atoms with Crippen LogP contribution in [0.25, 0.3) is 0 Å². The maximum atomic E-state index is 10.0. The third-order valence-corrected chi connectivity index (χ3v) is 1.36. The smallest absolute Gasteiger partial charge is 0.481 e. The van der Waals surface area contributed by atoms with Gasteiger partial charge >= 0.3 is 31.4 Å². The molecule has 5 heteroatoms. The van der Waals surface area contributed by atoms with Gasteiger partial charge in [-0.1, -0.05) is 41.5 Å². The van der Waals surface area contributed by atoms with Crippen LogP contribution in [0.3, 0.4) is 0 Å². The number of aliphatic carboxylic acids is 2. The van der Waals surface area contributed by atoms with Gasteiger partial charge in [0.25, 0.3) is 0 Å². The van der Waals surface area contributed by atoms with Crippen molar-refractivity contribution >= 4 is 11.9 Å². The van der Waals surface area contributed by atoms with Crippen molar-refractivity contribution in [3.8, 4) is 0 Å². The molecular formula is C14H30O4Ru. The van der Waals surface area contributed by atoms with Crippen LogP contribution >= 0.6 is 0 Å². The zero-order chi connectivity index (χ0) is 13.6. The Morgan fingerprint density at radius 2 is 0.895 bits per heavy atom. The zero-order valence-electron chi connectivity index (χ0n) is 13.5. The summed E-state index contributed by atoms with van der Waals surface area (Å²) in [5.74, 6) is -1.45. The molecule has 0 unspecified atom stereocenters. The van der Waals surface area contributed by atoms with Crippen LogP contribution in [0.2, 0.25) is 0 Å². The van der Waals surface area contributed by atoms with Crippen LogP contribution in [0.15, 0.2) is 0 Å². The molecule has 0 fully saturated rings. The van der Waals surface area contributed by atoms with E-state index in [1.54, 1.807) is 0 Å². The second kappa shape index (κ2) is 12.6. The van der Waals surface area contributed by atoms with Crippen molar-refractivity contribution in [2.24, 2.45) is 10.8 Å². The summed E-state index contributed by atoms with van der Waals surface area (Å²) in [6, 6.07) is 0. The minimum atomic E-state index is -0.725. The molecule has 0 aliphatic carbocycles. The summed E-state index contributed by atoms with van der Waals surface area (Å²) in [7, 11) is 0. The maximum absolute atomic E-state index is 10.0. The first-order valence-electron chi connectivity index (χ1n) is 5.27. The van der Waals surface area contributed by atoms with Gasteiger partial charge in [-0.2, -0.15) is 0 Å². The fraction of sp³-hybridized carbons (Fsp3) is 0.714. The third-order valence-electron chi connectivity index (χ3n) is 1.36. The fourth-order valence-electron chi connectivity index (χ4n) is 0.907. The normalized spacial score (nSPS) is 9.58. The third kappa shape index (κ3) is 46.5. The summed E-state index contributed by atoms with van der Waals surface area (Å²) in [4.78, 5) is 20.0. The standard InChI is InChI=1S/2C6H12O2.2CH3.Ru/c2*1-6(2,3)4-5(7)8;;;/h2*4H2,1-3H3,(H,7,8);2*1H3;/q;;2*-1;+2. The molecule has 0 saturated heterocycles. The molecule has 0 aromatic heterocycles. The average Bonchev–Trinajstić information content (AvgIpc) is 1.72. The Labute approximate surface area is 131 Å². The summed E-state index contributed by atoms with van der Waals surface area (Å²) < 4.78 is 0. The molecule has 0 saturated carbocycles. The summed E-state index contributed by atoms with van der Waals surface area (Å²) in [5, 5.41) is 16.5. The number of rotatable bonds is 2. The Balaban J connectivity index is -0.0000000594. The zero-order valence-corrected chi connectivity index (χ0v) is 15.2. The van der Waals surface area contributed by atoms with E-state index in [4.69, 9.17) is 10.2 Å². The Hall–Kier alpha value is -0.437. The fourth-order valence-corrected chi connectivity index (χ4v) is 0.907. The van der Waals surface area contributed by atoms with Crippen molar-refractivity contribution in [2.45, 2.75) is 54.4 Å². The van der Waals surface area contributed by atoms with Crippen LogP contribution in [0.1, 0.15) is 54.4 Å². The molecule has 0 radical (unpaired) electrons. The Morgan fingerprint density at radius 3 is 0.895 bits per heavy atom. The number of hydrogen-bond donors (Lipinski definition) is 2. The van der Waals surface area contributed by atoms with Crippen molar-refractivity contribution < 1.29 is 39.3 Å². The topological polar surface area (TPSA) is 74.6 Å². The largest absolute Gasteiger partial charge is 2.00 e. The van der Waals surface area contributed by atoms with Gasteiger partial charge in [0.2, 0.25) is 0 Å². The van der Waals surface area contributed by atoms with Crippen molar-refractivity contribution in [3.05, 3.63) is 14.9 Å². The Bertz CT molecular complexity index is 211. The molecule has 0 aliphatic rings. The first-order chi connectivity index (χ1) is 6.83. The second-order valence-corrected chi connectivity index (χ2v) is 6.26. The molecule has 0 aromatic carbocycles. The summed E-state index contributed by atoms with van der Waals surface area (Å²) >= 11 is 0. The first kappa shape index (κ1) is 31.1. The van der Waals surface area contributed by atoms with Crippen LogP contribution in [0.4, 0.5) is 0 Å². The van der Waals surface area contributed by atoms with Gasteiger partial charge < -0.3 is 25.1 Å². The van der Waals surface area contributed by atoms with Gasteiger partial charge in [0, 0.05) is 0 Å². The van der Waals surface area contributed by atoms with Crippen LogP contribution in [0.5, 0.6) is 0 Å². The molecule has 0 rings (SSSR count). The van der Waals surface area contributed by atoms with E-state index >= 15 is 0 Å². The predicted octanol–water partition coefficient (Wildman–Crippen LogP) is 3.91. The van der Waals surface area contributed by atoms with Crippen molar-refractivity contribution in [3.63, 3.8) is 0 Å². The van der Waals surface area contributed by atoms with Crippen LogP contribution in [-0.2, 0) is 29.1 Å². The molecule has 0 bridgehead atoms. The molecule has 0 aromatic rings. The molecule has 0 spiro atoms. The molecule has 2 N–H and O–H groups in total. The molecule has 0 amide bonds. The van der Waals surface area contributed by atoms with E-state index < -0.39 is 11.9 Å². The van der Waals surface area contributed by atoms with Crippen LogP contribution < -0.4 is 0 Å². The molecule has 0 heterocycles. The molecule has 4 nitrogen and oxygen atoms in total. The summed E-state index contributed by atoms with van der Waals surface area (Å²) in [6.07, 6.45) is 0.486. The van der Waals surface area contributed by atoms with Gasteiger partial charge in [-0.25, -0.2) is 0 Å².